The SMILES string of the molecule is O=C(Nc1c(F)c(F)cc(F)c1F)NC1(C(=O)O)CC1. The number of hydrogen-bond acceptors (Lipinski definition) is 2. The first-order valence-corrected chi connectivity index (χ1v) is 5.42. The molecule has 0 aliphatic heterocycles. The lowest BCUT2D eigenvalue weighted by molar-refractivity contribution is -0.140. The zero-order valence-electron chi connectivity index (χ0n) is 9.77. The van der Waals surface area contributed by atoms with Crippen molar-refractivity contribution in [2.75, 3.05) is 5.32 Å². The van der Waals surface area contributed by atoms with E-state index in [2.05, 4.69) is 0 Å². The summed E-state index contributed by atoms with van der Waals surface area (Å²) in [5.74, 6) is -8.23. The molecule has 1 aliphatic carbocycles. The van der Waals surface area contributed by atoms with Crippen LogP contribution in [0.25, 0.3) is 0 Å². The van der Waals surface area contributed by atoms with Gasteiger partial charge in [-0.25, -0.2) is 27.2 Å². The molecule has 1 aliphatic rings. The van der Waals surface area contributed by atoms with E-state index in [0.29, 0.717) is 0 Å². The Morgan fingerprint density at radius 2 is 1.60 bits per heavy atom. The van der Waals surface area contributed by atoms with Crippen LogP contribution in [0.4, 0.5) is 28.0 Å². The number of anilines is 1. The van der Waals surface area contributed by atoms with Gasteiger partial charge in [-0.3, -0.25) is 0 Å². The molecule has 1 fully saturated rings. The van der Waals surface area contributed by atoms with Gasteiger partial charge in [-0.1, -0.05) is 0 Å². The lowest BCUT2D eigenvalue weighted by atomic mass is 10.2. The zero-order valence-corrected chi connectivity index (χ0v) is 9.77. The first-order chi connectivity index (χ1) is 9.27. The van der Waals surface area contributed by atoms with Gasteiger partial charge in [-0.15, -0.1) is 0 Å². The molecule has 1 aromatic carbocycles. The van der Waals surface area contributed by atoms with Crippen molar-refractivity contribution in [3.05, 3.63) is 29.3 Å². The Labute approximate surface area is 109 Å². The molecule has 0 bridgehead atoms. The largest absolute Gasteiger partial charge is 0.480 e. The maximum Gasteiger partial charge on any atom is 0.329 e. The van der Waals surface area contributed by atoms with Crippen LogP contribution in [-0.4, -0.2) is 22.6 Å². The van der Waals surface area contributed by atoms with Crippen LogP contribution in [0, 0.1) is 23.3 Å². The zero-order chi connectivity index (χ0) is 15.1. The Kier molecular flexibility index (Phi) is 3.28. The average Bonchev–Trinajstić information content (AvgIpc) is 3.13. The number of benzene rings is 1. The van der Waals surface area contributed by atoms with E-state index >= 15 is 0 Å². The summed E-state index contributed by atoms with van der Waals surface area (Å²) in [6, 6.07) is -1.28. The molecule has 0 saturated heterocycles. The monoisotopic (exact) mass is 292 g/mol. The van der Waals surface area contributed by atoms with E-state index in [4.69, 9.17) is 5.11 Å². The van der Waals surface area contributed by atoms with Gasteiger partial charge in [0.05, 0.1) is 0 Å². The first-order valence-electron chi connectivity index (χ1n) is 5.42. The maximum atomic E-state index is 13.3. The Morgan fingerprint density at radius 1 is 1.10 bits per heavy atom. The van der Waals surface area contributed by atoms with E-state index in [9.17, 15) is 27.2 Å². The highest BCUT2D eigenvalue weighted by molar-refractivity contribution is 5.95. The summed E-state index contributed by atoms with van der Waals surface area (Å²) in [5.41, 5.74) is -2.82. The van der Waals surface area contributed by atoms with Crippen molar-refractivity contribution in [3.8, 4) is 0 Å². The molecular weight excluding hydrogens is 284 g/mol. The fourth-order valence-electron chi connectivity index (χ4n) is 1.56. The van der Waals surface area contributed by atoms with E-state index < -0.39 is 46.5 Å². The Morgan fingerprint density at radius 3 is 2.00 bits per heavy atom. The van der Waals surface area contributed by atoms with Gasteiger partial charge in [0, 0.05) is 6.07 Å². The maximum absolute atomic E-state index is 13.3. The number of halogens is 4. The Bertz CT molecular complexity index is 576. The molecule has 0 atom stereocenters. The number of carboxylic acids is 1. The van der Waals surface area contributed by atoms with Crippen molar-refractivity contribution in [2.45, 2.75) is 18.4 Å². The third-order valence-corrected chi connectivity index (χ3v) is 2.86. The van der Waals surface area contributed by atoms with Crippen molar-refractivity contribution in [3.63, 3.8) is 0 Å². The highest BCUT2D eigenvalue weighted by Crippen LogP contribution is 2.35. The highest BCUT2D eigenvalue weighted by Gasteiger charge is 2.51. The minimum atomic E-state index is -1.78. The molecule has 9 heteroatoms. The van der Waals surface area contributed by atoms with Gasteiger partial charge in [0.25, 0.3) is 0 Å². The van der Waals surface area contributed by atoms with Gasteiger partial charge in [0.1, 0.15) is 11.2 Å². The summed E-state index contributed by atoms with van der Waals surface area (Å²) in [5, 5.41) is 12.4. The number of rotatable bonds is 3. The van der Waals surface area contributed by atoms with E-state index in [1.54, 1.807) is 5.32 Å². The molecule has 0 aromatic heterocycles. The number of carbonyl (C=O) groups excluding carboxylic acids is 1. The van der Waals surface area contributed by atoms with Crippen LogP contribution in [0.3, 0.4) is 0 Å². The third-order valence-electron chi connectivity index (χ3n) is 2.86. The molecular formula is C11H8F4N2O3. The van der Waals surface area contributed by atoms with Gasteiger partial charge in [0.2, 0.25) is 0 Å². The predicted molar refractivity (Wildman–Crippen MR) is 58.0 cm³/mol. The molecule has 0 unspecified atom stereocenters. The lowest BCUT2D eigenvalue weighted by Crippen LogP contribution is -2.45. The molecule has 0 spiro atoms. The van der Waals surface area contributed by atoms with E-state index in [0.717, 1.165) is 0 Å². The number of nitrogens with one attached hydrogen (secondary N) is 2. The van der Waals surface area contributed by atoms with Crippen LogP contribution in [0.1, 0.15) is 12.8 Å². The van der Waals surface area contributed by atoms with Gasteiger partial charge in [-0.05, 0) is 12.8 Å². The van der Waals surface area contributed by atoms with Crippen molar-refractivity contribution < 1.29 is 32.3 Å². The Balaban J connectivity index is 2.19. The number of amides is 2. The summed E-state index contributed by atoms with van der Waals surface area (Å²) >= 11 is 0. The molecule has 1 aromatic rings. The summed E-state index contributed by atoms with van der Waals surface area (Å²) < 4.78 is 52.3. The number of carbonyl (C=O) groups is 2. The van der Waals surface area contributed by atoms with E-state index in [-0.39, 0.29) is 18.9 Å². The van der Waals surface area contributed by atoms with Gasteiger partial charge < -0.3 is 15.7 Å². The lowest BCUT2D eigenvalue weighted by Gasteiger charge is -2.14. The Hall–Kier alpha value is -2.32. The minimum Gasteiger partial charge on any atom is -0.480 e. The minimum absolute atomic E-state index is 0.00657. The van der Waals surface area contributed by atoms with Crippen LogP contribution in [0.5, 0.6) is 0 Å². The van der Waals surface area contributed by atoms with Crippen molar-refractivity contribution in [1.29, 1.82) is 0 Å². The molecule has 0 radical (unpaired) electrons. The molecule has 1 saturated carbocycles. The predicted octanol–water partition coefficient (Wildman–Crippen LogP) is 1.98. The smallest absolute Gasteiger partial charge is 0.329 e. The van der Waals surface area contributed by atoms with E-state index in [1.165, 1.54) is 0 Å². The number of urea groups is 1. The van der Waals surface area contributed by atoms with Crippen molar-refractivity contribution >= 4 is 17.7 Å². The fraction of sp³-hybridized carbons (Fsp3) is 0.273. The average molecular weight is 292 g/mol. The second-order valence-corrected chi connectivity index (χ2v) is 4.31. The topological polar surface area (TPSA) is 78.4 Å². The van der Waals surface area contributed by atoms with E-state index in [1.807, 2.05) is 5.32 Å². The van der Waals surface area contributed by atoms with Crippen LogP contribution < -0.4 is 10.6 Å². The quantitative estimate of drug-likeness (QED) is 0.589. The third kappa shape index (κ3) is 2.38. The van der Waals surface area contributed by atoms with Crippen molar-refractivity contribution in [1.82, 2.24) is 5.32 Å². The van der Waals surface area contributed by atoms with Gasteiger partial charge >= 0.3 is 12.0 Å². The molecule has 20 heavy (non-hydrogen) atoms. The van der Waals surface area contributed by atoms with Crippen LogP contribution in [0.15, 0.2) is 6.07 Å². The second-order valence-electron chi connectivity index (χ2n) is 4.31. The molecule has 3 N–H and O–H groups in total. The van der Waals surface area contributed by atoms with Gasteiger partial charge in [0.15, 0.2) is 23.3 Å². The molecule has 2 rings (SSSR count). The number of hydrogen-bond donors (Lipinski definition) is 3. The molecule has 2 amide bonds. The standard InChI is InChI=1S/C11H8F4N2O3/c12-4-3-5(13)7(15)8(6(4)14)16-10(20)17-11(1-2-11)9(18)19/h3H,1-2H2,(H,18,19)(H2,16,17,20). The second kappa shape index (κ2) is 4.66. The van der Waals surface area contributed by atoms with Crippen molar-refractivity contribution in [2.24, 2.45) is 0 Å². The fourth-order valence-corrected chi connectivity index (χ4v) is 1.56. The van der Waals surface area contributed by atoms with Gasteiger partial charge in [-0.2, -0.15) is 0 Å². The van der Waals surface area contributed by atoms with Crippen LogP contribution in [0.2, 0.25) is 0 Å². The van der Waals surface area contributed by atoms with Crippen LogP contribution >= 0.6 is 0 Å². The molecule has 5 nitrogen and oxygen atoms in total. The summed E-state index contributed by atoms with van der Waals surface area (Å²) in [4.78, 5) is 22.2. The summed E-state index contributed by atoms with van der Waals surface area (Å²) in [6.07, 6.45) is 0.302. The number of carboxylic acid groups (broad SMARTS) is 1. The highest BCUT2D eigenvalue weighted by atomic mass is 19.2. The molecule has 0 heterocycles. The van der Waals surface area contributed by atoms with Crippen LogP contribution in [-0.2, 0) is 4.79 Å². The number of aliphatic carboxylic acids is 1. The summed E-state index contributed by atoms with van der Waals surface area (Å²) in [6.45, 7) is 0. The normalized spacial score (nSPS) is 15.6. The summed E-state index contributed by atoms with van der Waals surface area (Å²) in [7, 11) is 0. The first kappa shape index (κ1) is 14.1. The molecule has 108 valence electrons.